The van der Waals surface area contributed by atoms with Gasteiger partial charge in [0.1, 0.15) is 5.75 Å². The zero-order valence-electron chi connectivity index (χ0n) is 16.6. The molecule has 3 rings (SSSR count). The van der Waals surface area contributed by atoms with Gasteiger partial charge in [0.2, 0.25) is 5.91 Å². The third-order valence-corrected chi connectivity index (χ3v) is 5.48. The van der Waals surface area contributed by atoms with E-state index in [1.165, 1.54) is 11.8 Å². The third-order valence-electron chi connectivity index (χ3n) is 4.20. The number of hydrogen-bond donors (Lipinski definition) is 1. The highest BCUT2D eigenvalue weighted by atomic mass is 35.5. The summed E-state index contributed by atoms with van der Waals surface area (Å²) in [5.41, 5.74) is 1.88. The largest absolute Gasteiger partial charge is 0.481 e. The second kappa shape index (κ2) is 9.80. The number of benzene rings is 2. The second-order valence-corrected chi connectivity index (χ2v) is 7.83. The molecule has 152 valence electrons. The lowest BCUT2D eigenvalue weighted by Gasteiger charge is -2.16. The number of rotatable bonds is 8. The van der Waals surface area contributed by atoms with E-state index in [-0.39, 0.29) is 17.8 Å². The molecule has 2 aromatic carbocycles. The lowest BCUT2D eigenvalue weighted by Crippen LogP contribution is -2.15. The number of aryl methyl sites for hydroxylation is 1. The number of carbonyl (C=O) groups is 1. The van der Waals surface area contributed by atoms with Gasteiger partial charge in [0.15, 0.2) is 17.1 Å². The van der Waals surface area contributed by atoms with Crippen molar-refractivity contribution < 1.29 is 9.53 Å². The number of anilines is 1. The standard InChI is InChI=1S/C21H23ClN4O2S/c1-4-26-20(15(3)28-18-11-6-5-10-17(18)22)24-25-21(26)29-13-19(27)23-16-9-7-8-14(2)12-16/h5-12,15H,4,13H2,1-3H3,(H,23,27)/t15-/m0/s1. The fourth-order valence-corrected chi connectivity index (χ4v) is 3.83. The summed E-state index contributed by atoms with van der Waals surface area (Å²) in [6.07, 6.45) is -0.335. The van der Waals surface area contributed by atoms with Crippen LogP contribution in [0, 0.1) is 6.92 Å². The van der Waals surface area contributed by atoms with E-state index in [2.05, 4.69) is 15.5 Å². The van der Waals surface area contributed by atoms with Gasteiger partial charge in [-0.15, -0.1) is 10.2 Å². The highest BCUT2D eigenvalue weighted by molar-refractivity contribution is 7.99. The van der Waals surface area contributed by atoms with Crippen LogP contribution in [-0.4, -0.2) is 26.4 Å². The SMILES string of the molecule is CCn1c(SCC(=O)Nc2cccc(C)c2)nnc1[C@H](C)Oc1ccccc1Cl. The van der Waals surface area contributed by atoms with Crippen LogP contribution < -0.4 is 10.1 Å². The Morgan fingerprint density at radius 1 is 1.24 bits per heavy atom. The van der Waals surface area contributed by atoms with Crippen LogP contribution in [0.2, 0.25) is 5.02 Å². The molecule has 0 aliphatic heterocycles. The first-order chi connectivity index (χ1) is 14.0. The minimum Gasteiger partial charge on any atom is -0.481 e. The first-order valence-electron chi connectivity index (χ1n) is 9.31. The van der Waals surface area contributed by atoms with Crippen LogP contribution in [0.25, 0.3) is 0 Å². The molecule has 8 heteroatoms. The maximum absolute atomic E-state index is 12.3. The van der Waals surface area contributed by atoms with E-state index in [0.717, 1.165) is 11.3 Å². The summed E-state index contributed by atoms with van der Waals surface area (Å²) in [5.74, 6) is 1.44. The van der Waals surface area contributed by atoms with Crippen molar-refractivity contribution in [1.29, 1.82) is 0 Å². The van der Waals surface area contributed by atoms with Gasteiger partial charge in [-0.2, -0.15) is 0 Å². The maximum Gasteiger partial charge on any atom is 0.234 e. The second-order valence-electron chi connectivity index (χ2n) is 6.48. The average Bonchev–Trinajstić information content (AvgIpc) is 3.11. The van der Waals surface area contributed by atoms with Crippen molar-refractivity contribution in [2.45, 2.75) is 38.6 Å². The third kappa shape index (κ3) is 5.52. The van der Waals surface area contributed by atoms with Crippen molar-refractivity contribution in [2.75, 3.05) is 11.1 Å². The van der Waals surface area contributed by atoms with Crippen molar-refractivity contribution in [3.8, 4) is 5.75 Å². The summed E-state index contributed by atoms with van der Waals surface area (Å²) in [4.78, 5) is 12.3. The Labute approximate surface area is 179 Å². The van der Waals surface area contributed by atoms with Crippen LogP contribution in [0.5, 0.6) is 5.75 Å². The number of halogens is 1. The molecule has 0 aliphatic carbocycles. The van der Waals surface area contributed by atoms with Crippen LogP contribution in [0.4, 0.5) is 5.69 Å². The van der Waals surface area contributed by atoms with E-state index in [4.69, 9.17) is 16.3 Å². The zero-order chi connectivity index (χ0) is 20.8. The van der Waals surface area contributed by atoms with Gasteiger partial charge in [-0.05, 0) is 50.6 Å². The van der Waals surface area contributed by atoms with Gasteiger partial charge in [-0.3, -0.25) is 4.79 Å². The van der Waals surface area contributed by atoms with E-state index >= 15 is 0 Å². The van der Waals surface area contributed by atoms with Crippen molar-refractivity contribution in [3.05, 3.63) is 64.9 Å². The minimum absolute atomic E-state index is 0.0897. The molecule has 0 aliphatic rings. The van der Waals surface area contributed by atoms with Crippen molar-refractivity contribution in [1.82, 2.24) is 14.8 Å². The normalized spacial score (nSPS) is 11.9. The van der Waals surface area contributed by atoms with E-state index in [1.807, 2.05) is 67.8 Å². The summed E-state index contributed by atoms with van der Waals surface area (Å²) in [6.45, 7) is 6.56. The molecule has 0 radical (unpaired) electrons. The molecule has 1 amide bonds. The highest BCUT2D eigenvalue weighted by Gasteiger charge is 2.20. The fraction of sp³-hybridized carbons (Fsp3) is 0.286. The van der Waals surface area contributed by atoms with Gasteiger partial charge in [0, 0.05) is 12.2 Å². The smallest absolute Gasteiger partial charge is 0.234 e. The van der Waals surface area contributed by atoms with Gasteiger partial charge in [-0.25, -0.2) is 0 Å². The van der Waals surface area contributed by atoms with Gasteiger partial charge in [0.25, 0.3) is 0 Å². The summed E-state index contributed by atoms with van der Waals surface area (Å²) in [6, 6.07) is 15.0. The minimum atomic E-state index is -0.335. The molecule has 0 fully saturated rings. The number of nitrogens with one attached hydrogen (secondary N) is 1. The molecule has 1 atom stereocenters. The predicted octanol–water partition coefficient (Wildman–Crippen LogP) is 5.13. The Bertz CT molecular complexity index is 992. The van der Waals surface area contributed by atoms with E-state index in [9.17, 15) is 4.79 Å². The number of aromatic nitrogens is 3. The predicted molar refractivity (Wildman–Crippen MR) is 117 cm³/mol. The quantitative estimate of drug-likeness (QED) is 0.501. The van der Waals surface area contributed by atoms with Gasteiger partial charge in [-0.1, -0.05) is 47.6 Å². The molecule has 0 bridgehead atoms. The number of thioether (sulfide) groups is 1. The summed E-state index contributed by atoms with van der Waals surface area (Å²) in [7, 11) is 0. The molecule has 29 heavy (non-hydrogen) atoms. The Morgan fingerprint density at radius 2 is 2.03 bits per heavy atom. The van der Waals surface area contributed by atoms with Crippen LogP contribution in [0.1, 0.15) is 31.3 Å². The number of nitrogens with zero attached hydrogens (tertiary/aromatic N) is 3. The van der Waals surface area contributed by atoms with Crippen LogP contribution in [0.3, 0.4) is 0 Å². The first kappa shape index (κ1) is 21.2. The van der Waals surface area contributed by atoms with Crippen molar-refractivity contribution in [2.24, 2.45) is 0 Å². The number of carbonyl (C=O) groups excluding carboxylic acids is 1. The van der Waals surface area contributed by atoms with Gasteiger partial charge < -0.3 is 14.6 Å². The number of ether oxygens (including phenoxy) is 1. The van der Waals surface area contributed by atoms with E-state index in [1.54, 1.807) is 6.07 Å². The van der Waals surface area contributed by atoms with Crippen molar-refractivity contribution >= 4 is 35.0 Å². The lowest BCUT2D eigenvalue weighted by molar-refractivity contribution is -0.113. The van der Waals surface area contributed by atoms with Gasteiger partial charge >= 0.3 is 0 Å². The summed E-state index contributed by atoms with van der Waals surface area (Å²) < 4.78 is 7.91. The molecule has 0 unspecified atom stereocenters. The number of amides is 1. The first-order valence-corrected chi connectivity index (χ1v) is 10.7. The molecule has 1 N–H and O–H groups in total. The number of hydrogen-bond acceptors (Lipinski definition) is 5. The van der Waals surface area contributed by atoms with Crippen molar-refractivity contribution in [3.63, 3.8) is 0 Å². The van der Waals surface area contributed by atoms with Crippen LogP contribution in [-0.2, 0) is 11.3 Å². The highest BCUT2D eigenvalue weighted by Crippen LogP contribution is 2.29. The van der Waals surface area contributed by atoms with Crippen LogP contribution >= 0.6 is 23.4 Å². The van der Waals surface area contributed by atoms with Gasteiger partial charge in [0.05, 0.1) is 10.8 Å². The summed E-state index contributed by atoms with van der Waals surface area (Å²) >= 11 is 7.53. The molecular formula is C21H23ClN4O2S. The Hall–Kier alpha value is -2.51. The fourth-order valence-electron chi connectivity index (χ4n) is 2.84. The molecule has 1 aromatic heterocycles. The molecule has 1 heterocycles. The Morgan fingerprint density at radius 3 is 2.76 bits per heavy atom. The monoisotopic (exact) mass is 430 g/mol. The topological polar surface area (TPSA) is 69.0 Å². The molecule has 0 saturated carbocycles. The van der Waals surface area contributed by atoms with Crippen LogP contribution in [0.15, 0.2) is 53.7 Å². The van der Waals surface area contributed by atoms with E-state index < -0.39 is 0 Å². The Kier molecular flexibility index (Phi) is 7.17. The summed E-state index contributed by atoms with van der Waals surface area (Å²) in [5, 5.41) is 12.7. The maximum atomic E-state index is 12.3. The average molecular weight is 431 g/mol. The zero-order valence-corrected chi connectivity index (χ0v) is 18.1. The molecular weight excluding hydrogens is 408 g/mol. The number of para-hydroxylation sites is 1. The molecule has 0 spiro atoms. The molecule has 6 nitrogen and oxygen atoms in total. The molecule has 0 saturated heterocycles. The molecule has 3 aromatic rings. The Balaban J connectivity index is 1.64. The lowest BCUT2D eigenvalue weighted by atomic mass is 10.2. The van der Waals surface area contributed by atoms with E-state index in [0.29, 0.717) is 28.3 Å².